The van der Waals surface area contributed by atoms with E-state index >= 15 is 0 Å². The standard InChI is InChI=1S/C33H38BrN11O2S/c1-43-20-21(18-38-43)23-16-27(29(47-2)17-28(23)45-14-8-22(9-15-45)44-12-4-5-13-44)40-33-37-19-24(34)32(41-33)39-26-7-6-25-30(36-11-10-35-25)31(26)42-48(3)46/h6-7,10-11,16-20,22,42H,4-5,8-9,12-15H2,1-3H3,(H2,37,39,40,41). The van der Waals surface area contributed by atoms with Crippen LogP contribution in [0.15, 0.2) is 59.7 Å². The van der Waals surface area contributed by atoms with Crippen LogP contribution in [-0.2, 0) is 18.0 Å². The lowest BCUT2D eigenvalue weighted by atomic mass is 9.99. The van der Waals surface area contributed by atoms with Crippen LogP contribution in [0.5, 0.6) is 5.75 Å². The number of fused-ring (bicyclic) bond motifs is 1. The van der Waals surface area contributed by atoms with E-state index < -0.39 is 11.0 Å². The van der Waals surface area contributed by atoms with E-state index in [1.54, 1.807) is 32.0 Å². The van der Waals surface area contributed by atoms with Crippen LogP contribution in [0, 0.1) is 0 Å². The van der Waals surface area contributed by atoms with Gasteiger partial charge < -0.3 is 29.9 Å². The Morgan fingerprint density at radius 3 is 2.50 bits per heavy atom. The summed E-state index contributed by atoms with van der Waals surface area (Å²) in [5, 5.41) is 11.2. The lowest BCUT2D eigenvalue weighted by molar-refractivity contribution is 0.208. The van der Waals surface area contributed by atoms with Gasteiger partial charge in [-0.1, -0.05) is 0 Å². The smallest absolute Gasteiger partial charge is 0.229 e. The number of halogens is 1. The molecule has 2 aliphatic heterocycles. The number of piperidine rings is 1. The molecule has 2 saturated heterocycles. The van der Waals surface area contributed by atoms with Crippen LogP contribution in [0.2, 0.25) is 0 Å². The van der Waals surface area contributed by atoms with E-state index in [2.05, 4.69) is 73.3 Å². The number of ether oxygens (including phenoxy) is 1. The molecule has 1 unspecified atom stereocenters. The maximum atomic E-state index is 12.2. The van der Waals surface area contributed by atoms with E-state index in [1.807, 2.05) is 36.3 Å². The first kappa shape index (κ1) is 32.2. The average molecular weight is 733 g/mol. The zero-order chi connectivity index (χ0) is 33.2. The van der Waals surface area contributed by atoms with Crippen molar-refractivity contribution in [2.24, 2.45) is 7.05 Å². The van der Waals surface area contributed by atoms with Crippen molar-refractivity contribution in [1.82, 2.24) is 34.6 Å². The summed E-state index contributed by atoms with van der Waals surface area (Å²) in [6.07, 6.45) is 15.3. The summed E-state index contributed by atoms with van der Waals surface area (Å²) < 4.78 is 23.6. The van der Waals surface area contributed by atoms with E-state index in [-0.39, 0.29) is 0 Å². The number of nitrogens with zero attached hydrogens (tertiary/aromatic N) is 8. The van der Waals surface area contributed by atoms with E-state index in [4.69, 9.17) is 9.72 Å². The van der Waals surface area contributed by atoms with Gasteiger partial charge in [-0.25, -0.2) is 9.19 Å². The van der Waals surface area contributed by atoms with Crippen molar-refractivity contribution >= 4 is 72.5 Å². The van der Waals surface area contributed by atoms with Crippen LogP contribution in [-0.4, -0.2) is 84.4 Å². The van der Waals surface area contributed by atoms with Gasteiger partial charge in [-0.3, -0.25) is 14.6 Å². The van der Waals surface area contributed by atoms with Crippen molar-refractivity contribution in [3.05, 3.63) is 59.7 Å². The maximum Gasteiger partial charge on any atom is 0.229 e. The van der Waals surface area contributed by atoms with Gasteiger partial charge in [0.15, 0.2) is 0 Å². The zero-order valence-corrected chi connectivity index (χ0v) is 29.5. The Balaban J connectivity index is 1.19. The Labute approximate surface area is 290 Å². The highest BCUT2D eigenvalue weighted by Crippen LogP contribution is 2.42. The van der Waals surface area contributed by atoms with Crippen molar-refractivity contribution in [2.75, 3.05) is 59.8 Å². The molecule has 0 amide bonds. The summed E-state index contributed by atoms with van der Waals surface area (Å²) in [6, 6.07) is 8.56. The Hall–Kier alpha value is -4.34. The molecular weight excluding hydrogens is 694 g/mol. The fourth-order valence-corrected chi connectivity index (χ4v) is 7.40. The average Bonchev–Trinajstić information content (AvgIpc) is 3.80. The number of hydrogen-bond donors (Lipinski definition) is 3. The molecule has 1 atom stereocenters. The molecule has 0 aliphatic carbocycles. The van der Waals surface area contributed by atoms with E-state index in [1.165, 1.54) is 25.9 Å². The van der Waals surface area contributed by atoms with Crippen LogP contribution in [0.25, 0.3) is 22.2 Å². The summed E-state index contributed by atoms with van der Waals surface area (Å²) in [5.41, 5.74) is 6.39. The molecule has 3 aromatic heterocycles. The highest BCUT2D eigenvalue weighted by Gasteiger charge is 2.28. The molecule has 2 fully saturated rings. The Morgan fingerprint density at radius 1 is 0.979 bits per heavy atom. The number of aromatic nitrogens is 6. The van der Waals surface area contributed by atoms with Gasteiger partial charge in [0, 0.05) is 80.1 Å². The zero-order valence-electron chi connectivity index (χ0n) is 27.1. The molecule has 0 spiro atoms. The van der Waals surface area contributed by atoms with Crippen molar-refractivity contribution in [1.29, 1.82) is 0 Å². The predicted molar refractivity (Wildman–Crippen MR) is 195 cm³/mol. The Bertz CT molecular complexity index is 1960. The van der Waals surface area contributed by atoms with E-state index in [0.717, 1.165) is 48.4 Å². The number of anilines is 6. The van der Waals surface area contributed by atoms with Crippen molar-refractivity contribution in [3.8, 4) is 16.9 Å². The fourth-order valence-electron chi connectivity index (χ4n) is 6.62. The van der Waals surface area contributed by atoms with Gasteiger partial charge in [0.05, 0.1) is 40.4 Å². The quantitative estimate of drug-likeness (QED) is 0.160. The lowest BCUT2D eigenvalue weighted by Crippen LogP contribution is -2.44. The first-order valence-corrected chi connectivity index (χ1v) is 18.3. The molecule has 0 saturated carbocycles. The van der Waals surface area contributed by atoms with Crippen LogP contribution in [0.3, 0.4) is 0 Å². The van der Waals surface area contributed by atoms with Crippen LogP contribution in [0.1, 0.15) is 25.7 Å². The molecule has 5 heterocycles. The largest absolute Gasteiger partial charge is 0.494 e. The molecule has 15 heteroatoms. The minimum absolute atomic E-state index is 0.365. The molecule has 250 valence electrons. The summed E-state index contributed by atoms with van der Waals surface area (Å²) in [7, 11) is 2.26. The topological polar surface area (TPSA) is 138 Å². The molecule has 0 radical (unpaired) electrons. The SMILES string of the molecule is COc1cc(N2CCC(N3CCCC3)CC2)c(-c2cnn(C)c2)cc1Nc1ncc(Br)c(Nc2ccc3nccnc3c2NS(C)=O)n1. The first-order valence-electron chi connectivity index (χ1n) is 16.0. The monoisotopic (exact) mass is 731 g/mol. The van der Waals surface area contributed by atoms with Crippen molar-refractivity contribution in [3.63, 3.8) is 0 Å². The third-order valence-corrected chi connectivity index (χ3v) is 10.00. The van der Waals surface area contributed by atoms with Crippen LogP contribution >= 0.6 is 15.9 Å². The second-order valence-corrected chi connectivity index (χ2v) is 14.0. The molecular formula is C33H38BrN11O2S. The molecule has 2 aromatic carbocycles. The maximum absolute atomic E-state index is 12.2. The second kappa shape index (κ2) is 14.0. The Morgan fingerprint density at radius 2 is 1.77 bits per heavy atom. The van der Waals surface area contributed by atoms with Crippen molar-refractivity contribution in [2.45, 2.75) is 31.7 Å². The molecule has 7 rings (SSSR count). The van der Waals surface area contributed by atoms with Crippen LogP contribution < -0.4 is 25.0 Å². The number of hydrogen-bond acceptors (Lipinski definition) is 11. The van der Waals surface area contributed by atoms with Gasteiger partial charge >= 0.3 is 0 Å². The molecule has 5 aromatic rings. The summed E-state index contributed by atoms with van der Waals surface area (Å²) in [6.45, 7) is 4.42. The van der Waals surface area contributed by atoms with Gasteiger partial charge in [-0.15, -0.1) is 0 Å². The number of benzene rings is 2. The van der Waals surface area contributed by atoms with E-state index in [0.29, 0.717) is 50.4 Å². The van der Waals surface area contributed by atoms with E-state index in [9.17, 15) is 4.21 Å². The molecule has 2 aliphatic rings. The molecule has 0 bridgehead atoms. The highest BCUT2D eigenvalue weighted by molar-refractivity contribution is 9.10. The number of nitrogens with one attached hydrogen (secondary N) is 3. The lowest BCUT2D eigenvalue weighted by Gasteiger charge is -2.38. The number of aryl methyl sites for hydroxylation is 1. The normalized spacial score (nSPS) is 16.3. The molecule has 48 heavy (non-hydrogen) atoms. The van der Waals surface area contributed by atoms with Gasteiger partial charge in [0.2, 0.25) is 5.95 Å². The predicted octanol–water partition coefficient (Wildman–Crippen LogP) is 5.85. The minimum Gasteiger partial charge on any atom is -0.494 e. The third kappa shape index (κ3) is 6.80. The van der Waals surface area contributed by atoms with Crippen molar-refractivity contribution < 1.29 is 8.95 Å². The Kier molecular flexibility index (Phi) is 9.41. The fraction of sp³-hybridized carbons (Fsp3) is 0.364. The molecule has 13 nitrogen and oxygen atoms in total. The third-order valence-electron chi connectivity index (χ3n) is 8.93. The first-order chi connectivity index (χ1) is 23.4. The highest BCUT2D eigenvalue weighted by atomic mass is 79.9. The van der Waals surface area contributed by atoms with Gasteiger partial charge in [-0.05, 0) is 72.9 Å². The number of methoxy groups -OCH3 is 1. The summed E-state index contributed by atoms with van der Waals surface area (Å²) in [4.78, 5) is 23.3. The number of likely N-dealkylation sites (tertiary alicyclic amines) is 1. The van der Waals surface area contributed by atoms with Crippen LogP contribution in [0.4, 0.5) is 34.5 Å². The minimum atomic E-state index is -1.34. The van der Waals surface area contributed by atoms with Gasteiger partial charge in [-0.2, -0.15) is 10.1 Å². The van der Waals surface area contributed by atoms with Gasteiger partial charge in [0.25, 0.3) is 0 Å². The number of rotatable bonds is 10. The molecule has 3 N–H and O–H groups in total. The summed E-state index contributed by atoms with van der Waals surface area (Å²) in [5.74, 6) is 1.56. The second-order valence-electron chi connectivity index (χ2n) is 12.0. The van der Waals surface area contributed by atoms with Gasteiger partial charge in [0.1, 0.15) is 28.1 Å². The summed E-state index contributed by atoms with van der Waals surface area (Å²) >= 11 is 3.58.